The summed E-state index contributed by atoms with van der Waals surface area (Å²) in [7, 11) is 1.39. The van der Waals surface area contributed by atoms with Crippen LogP contribution in [0.2, 0.25) is 0 Å². The van der Waals surface area contributed by atoms with E-state index in [-0.39, 0.29) is 6.61 Å². The third-order valence-electron chi connectivity index (χ3n) is 2.52. The van der Waals surface area contributed by atoms with Gasteiger partial charge in [-0.1, -0.05) is 6.07 Å². The molecule has 7 heteroatoms. The van der Waals surface area contributed by atoms with Gasteiger partial charge in [0.05, 0.1) is 13.2 Å². The maximum Gasteiger partial charge on any atom is 0.328 e. The highest BCUT2D eigenvalue weighted by Gasteiger charge is 2.22. The summed E-state index contributed by atoms with van der Waals surface area (Å²) in [5, 5.41) is 13.3. The fourth-order valence-corrected chi connectivity index (χ4v) is 2.22. The third-order valence-corrected chi connectivity index (χ3v) is 3.39. The minimum Gasteiger partial charge on any atom is -0.480 e. The highest BCUT2D eigenvalue weighted by atomic mass is 32.1. The maximum atomic E-state index is 12.0. The zero-order valence-corrected chi connectivity index (χ0v) is 11.8. The Labute approximate surface area is 116 Å². The molecule has 2 amide bonds. The molecule has 19 heavy (non-hydrogen) atoms. The Bertz CT molecular complexity index is 408. The van der Waals surface area contributed by atoms with Crippen molar-refractivity contribution in [3.8, 4) is 0 Å². The van der Waals surface area contributed by atoms with Gasteiger partial charge < -0.3 is 20.1 Å². The van der Waals surface area contributed by atoms with E-state index in [0.717, 1.165) is 4.88 Å². The van der Waals surface area contributed by atoms with E-state index in [9.17, 15) is 9.59 Å². The van der Waals surface area contributed by atoms with Gasteiger partial charge in [-0.25, -0.2) is 9.59 Å². The van der Waals surface area contributed by atoms with Crippen molar-refractivity contribution in [1.29, 1.82) is 0 Å². The number of carbonyl (C=O) groups excluding carboxylic acids is 1. The second-order valence-corrected chi connectivity index (χ2v) is 4.92. The van der Waals surface area contributed by atoms with Crippen molar-refractivity contribution < 1.29 is 19.4 Å². The first-order valence-corrected chi connectivity index (χ1v) is 6.76. The number of carboxylic acid groups (broad SMARTS) is 1. The predicted molar refractivity (Wildman–Crippen MR) is 72.2 cm³/mol. The number of hydrogen-bond donors (Lipinski definition) is 2. The first-order chi connectivity index (χ1) is 9.08. The van der Waals surface area contributed by atoms with E-state index in [1.165, 1.54) is 7.11 Å². The van der Waals surface area contributed by atoms with Gasteiger partial charge in [0.25, 0.3) is 0 Å². The van der Waals surface area contributed by atoms with Crippen molar-refractivity contribution in [2.24, 2.45) is 0 Å². The minimum absolute atomic E-state index is 0.0579. The van der Waals surface area contributed by atoms with Crippen LogP contribution in [0.25, 0.3) is 0 Å². The van der Waals surface area contributed by atoms with Gasteiger partial charge in [0, 0.05) is 18.5 Å². The van der Waals surface area contributed by atoms with E-state index in [0.29, 0.717) is 13.1 Å². The lowest BCUT2D eigenvalue weighted by atomic mass is 10.3. The number of amides is 2. The van der Waals surface area contributed by atoms with Crippen LogP contribution in [-0.2, 0) is 16.1 Å². The second-order valence-electron chi connectivity index (χ2n) is 3.89. The summed E-state index contributed by atoms with van der Waals surface area (Å²) < 4.78 is 4.77. The Hall–Kier alpha value is -1.60. The summed E-state index contributed by atoms with van der Waals surface area (Å²) in [6.45, 7) is 2.76. The molecule has 0 saturated carbocycles. The van der Waals surface area contributed by atoms with Gasteiger partial charge in [0.15, 0.2) is 6.04 Å². The van der Waals surface area contributed by atoms with Crippen molar-refractivity contribution in [3.05, 3.63) is 22.4 Å². The van der Waals surface area contributed by atoms with Gasteiger partial charge in [0.2, 0.25) is 0 Å². The molecule has 0 aromatic carbocycles. The van der Waals surface area contributed by atoms with Crippen LogP contribution in [0.5, 0.6) is 0 Å². The van der Waals surface area contributed by atoms with Crippen LogP contribution in [-0.4, -0.2) is 48.3 Å². The molecule has 6 nitrogen and oxygen atoms in total. The molecule has 106 valence electrons. The van der Waals surface area contributed by atoms with Crippen LogP contribution >= 0.6 is 11.3 Å². The molecule has 0 fully saturated rings. The number of aliphatic carboxylic acids is 1. The van der Waals surface area contributed by atoms with Crippen LogP contribution in [0.4, 0.5) is 4.79 Å². The number of methoxy groups -OCH3 is 1. The van der Waals surface area contributed by atoms with Crippen LogP contribution in [0.15, 0.2) is 17.5 Å². The summed E-state index contributed by atoms with van der Waals surface area (Å²) in [5.74, 6) is -1.11. The highest BCUT2D eigenvalue weighted by Crippen LogP contribution is 2.11. The number of urea groups is 1. The summed E-state index contributed by atoms with van der Waals surface area (Å²) in [6, 6.07) is 2.41. The Balaban J connectivity index is 2.59. The van der Waals surface area contributed by atoms with Crippen molar-refractivity contribution in [2.75, 3.05) is 20.3 Å². The maximum absolute atomic E-state index is 12.0. The Morgan fingerprint density at radius 1 is 1.58 bits per heavy atom. The fraction of sp³-hybridized carbons (Fsp3) is 0.500. The average molecular weight is 286 g/mol. The molecule has 1 unspecified atom stereocenters. The SMILES string of the molecule is CCN(Cc1cccs1)C(=O)NC(COC)C(=O)O. The summed E-state index contributed by atoms with van der Waals surface area (Å²) in [5.41, 5.74) is 0. The molecule has 0 aliphatic rings. The van der Waals surface area contributed by atoms with E-state index in [1.54, 1.807) is 16.2 Å². The number of nitrogens with zero attached hydrogens (tertiary/aromatic N) is 1. The van der Waals surface area contributed by atoms with Crippen molar-refractivity contribution in [3.63, 3.8) is 0 Å². The normalized spacial score (nSPS) is 11.9. The van der Waals surface area contributed by atoms with Crippen LogP contribution in [0.3, 0.4) is 0 Å². The lowest BCUT2D eigenvalue weighted by molar-refractivity contribution is -0.140. The molecule has 1 heterocycles. The number of ether oxygens (including phenoxy) is 1. The van der Waals surface area contributed by atoms with Gasteiger partial charge in [-0.05, 0) is 18.4 Å². The molecule has 2 N–H and O–H groups in total. The van der Waals surface area contributed by atoms with Crippen LogP contribution in [0.1, 0.15) is 11.8 Å². The van der Waals surface area contributed by atoms with E-state index in [2.05, 4.69) is 5.32 Å². The highest BCUT2D eigenvalue weighted by molar-refractivity contribution is 7.09. The third kappa shape index (κ3) is 4.88. The zero-order chi connectivity index (χ0) is 14.3. The molecular weight excluding hydrogens is 268 g/mol. The van der Waals surface area contributed by atoms with Gasteiger partial charge in [-0.2, -0.15) is 0 Å². The summed E-state index contributed by atoms with van der Waals surface area (Å²) in [6.07, 6.45) is 0. The fourth-order valence-electron chi connectivity index (χ4n) is 1.50. The molecular formula is C12H18N2O4S. The number of hydrogen-bond acceptors (Lipinski definition) is 4. The topological polar surface area (TPSA) is 78.9 Å². The lowest BCUT2D eigenvalue weighted by Crippen LogP contribution is -2.49. The number of nitrogens with one attached hydrogen (secondary N) is 1. The van der Waals surface area contributed by atoms with Crippen molar-refractivity contribution in [2.45, 2.75) is 19.5 Å². The molecule has 1 aromatic rings. The zero-order valence-electron chi connectivity index (χ0n) is 11.0. The first kappa shape index (κ1) is 15.5. The minimum atomic E-state index is -1.11. The number of carboxylic acids is 1. The monoisotopic (exact) mass is 286 g/mol. The Kier molecular flexibility index (Phi) is 6.31. The van der Waals surface area contributed by atoms with Gasteiger partial charge in [0.1, 0.15) is 0 Å². The van der Waals surface area contributed by atoms with Gasteiger partial charge in [-0.3, -0.25) is 0 Å². The van der Waals surface area contributed by atoms with E-state index in [4.69, 9.17) is 9.84 Å². The molecule has 0 bridgehead atoms. The number of thiophene rings is 1. The Morgan fingerprint density at radius 2 is 2.32 bits per heavy atom. The van der Waals surface area contributed by atoms with Gasteiger partial charge in [-0.15, -0.1) is 11.3 Å². The molecule has 0 radical (unpaired) electrons. The summed E-state index contributed by atoms with van der Waals surface area (Å²) in [4.78, 5) is 25.5. The molecule has 0 aliphatic carbocycles. The predicted octanol–water partition coefficient (Wildman–Crippen LogP) is 1.38. The van der Waals surface area contributed by atoms with E-state index < -0.39 is 18.0 Å². The van der Waals surface area contributed by atoms with Crippen molar-refractivity contribution >= 4 is 23.3 Å². The van der Waals surface area contributed by atoms with E-state index >= 15 is 0 Å². The molecule has 1 rings (SSSR count). The molecule has 1 aromatic heterocycles. The molecule has 0 spiro atoms. The number of carbonyl (C=O) groups is 2. The van der Waals surface area contributed by atoms with Crippen molar-refractivity contribution in [1.82, 2.24) is 10.2 Å². The summed E-state index contributed by atoms with van der Waals surface area (Å²) >= 11 is 1.56. The standard InChI is InChI=1S/C12H18N2O4S/c1-3-14(7-9-5-4-6-19-9)12(17)13-10(8-18-2)11(15)16/h4-6,10H,3,7-8H2,1-2H3,(H,13,17)(H,15,16). The largest absolute Gasteiger partial charge is 0.480 e. The van der Waals surface area contributed by atoms with Crippen LogP contribution < -0.4 is 5.32 Å². The molecule has 0 aliphatic heterocycles. The van der Waals surface area contributed by atoms with Gasteiger partial charge >= 0.3 is 12.0 Å². The quantitative estimate of drug-likeness (QED) is 0.793. The average Bonchev–Trinajstić information content (AvgIpc) is 2.87. The first-order valence-electron chi connectivity index (χ1n) is 5.88. The van der Waals surface area contributed by atoms with E-state index in [1.807, 2.05) is 24.4 Å². The molecule has 0 saturated heterocycles. The second kappa shape index (κ2) is 7.75. The smallest absolute Gasteiger partial charge is 0.328 e. The Morgan fingerprint density at radius 3 is 2.79 bits per heavy atom. The number of rotatable bonds is 7. The van der Waals surface area contributed by atoms with Crippen LogP contribution in [0, 0.1) is 0 Å². The lowest BCUT2D eigenvalue weighted by Gasteiger charge is -2.23. The molecule has 1 atom stereocenters.